The summed E-state index contributed by atoms with van der Waals surface area (Å²) >= 11 is 17.3. The van der Waals surface area contributed by atoms with E-state index in [1.807, 2.05) is 0 Å². The molecule has 0 aliphatic carbocycles. The van der Waals surface area contributed by atoms with Gasteiger partial charge in [-0.3, -0.25) is 10.1 Å². The van der Waals surface area contributed by atoms with Crippen LogP contribution in [0.1, 0.15) is 17.3 Å². The number of thiocarbonyl (C=S) groups is 1. The molecule has 0 heterocycles. The van der Waals surface area contributed by atoms with Gasteiger partial charge in [-0.1, -0.05) is 35.4 Å². The molecule has 2 aromatic rings. The number of nitrogens with one attached hydrogen (secondary N) is 3. The number of amides is 1. The zero-order valence-electron chi connectivity index (χ0n) is 14.8. The minimum Gasteiger partial charge on any atom is -0.507 e. The number of benzene rings is 2. The Bertz CT molecular complexity index is 867. The highest BCUT2D eigenvalue weighted by atomic mass is 35.5. The number of anilines is 2. The van der Waals surface area contributed by atoms with E-state index in [0.29, 0.717) is 28.0 Å². The monoisotopic (exact) mass is 443 g/mol. The Morgan fingerprint density at radius 2 is 1.96 bits per heavy atom. The summed E-state index contributed by atoms with van der Waals surface area (Å²) in [5.74, 6) is -0.740. The SMILES string of the molecule is CCOC(O)NCC(=S)Nc1ccc(NC(=O)c2cc(Cl)ccc2O)c(Cl)c1. The number of phenols is 1. The third-order valence-electron chi connectivity index (χ3n) is 3.47. The molecule has 28 heavy (non-hydrogen) atoms. The number of aliphatic hydroxyl groups is 1. The first-order valence-electron chi connectivity index (χ1n) is 8.22. The second kappa shape index (κ2) is 10.6. The second-order valence-corrected chi connectivity index (χ2v) is 6.88. The van der Waals surface area contributed by atoms with Crippen molar-refractivity contribution in [3.05, 3.63) is 52.0 Å². The molecule has 0 saturated carbocycles. The van der Waals surface area contributed by atoms with Gasteiger partial charge in [0.15, 0.2) is 0 Å². The summed E-state index contributed by atoms with van der Waals surface area (Å²) in [5, 5.41) is 28.1. The van der Waals surface area contributed by atoms with Crippen LogP contribution in [-0.4, -0.2) is 40.7 Å². The molecule has 0 spiro atoms. The Hall–Kier alpha value is -1.94. The van der Waals surface area contributed by atoms with Gasteiger partial charge >= 0.3 is 0 Å². The van der Waals surface area contributed by atoms with Crippen molar-refractivity contribution in [3.8, 4) is 5.75 Å². The van der Waals surface area contributed by atoms with E-state index in [1.54, 1.807) is 25.1 Å². The molecule has 7 nitrogen and oxygen atoms in total. The molecule has 0 bridgehead atoms. The van der Waals surface area contributed by atoms with E-state index in [0.717, 1.165) is 0 Å². The Morgan fingerprint density at radius 3 is 2.64 bits per heavy atom. The van der Waals surface area contributed by atoms with Gasteiger partial charge in [-0.05, 0) is 43.3 Å². The first-order valence-corrected chi connectivity index (χ1v) is 9.39. The van der Waals surface area contributed by atoms with Crippen LogP contribution in [0.3, 0.4) is 0 Å². The maximum Gasteiger partial charge on any atom is 0.259 e. The number of phenolic OH excluding ortho intramolecular Hbond substituents is 1. The van der Waals surface area contributed by atoms with Crippen LogP contribution in [0.5, 0.6) is 5.75 Å². The van der Waals surface area contributed by atoms with Crippen molar-refractivity contribution in [1.82, 2.24) is 5.32 Å². The summed E-state index contributed by atoms with van der Waals surface area (Å²) in [7, 11) is 0. The van der Waals surface area contributed by atoms with Crippen molar-refractivity contribution in [2.24, 2.45) is 0 Å². The molecule has 0 saturated heterocycles. The fourth-order valence-electron chi connectivity index (χ4n) is 2.18. The molecule has 150 valence electrons. The Kier molecular flexibility index (Phi) is 8.43. The van der Waals surface area contributed by atoms with Crippen LogP contribution in [0, 0.1) is 0 Å². The van der Waals surface area contributed by atoms with E-state index in [2.05, 4.69) is 16.0 Å². The van der Waals surface area contributed by atoms with Crippen molar-refractivity contribution in [3.63, 3.8) is 0 Å². The molecular weight excluding hydrogens is 425 g/mol. The number of halogens is 2. The fourth-order valence-corrected chi connectivity index (χ4v) is 2.78. The highest BCUT2D eigenvalue weighted by Gasteiger charge is 2.14. The first-order chi connectivity index (χ1) is 13.3. The molecule has 2 rings (SSSR count). The average Bonchev–Trinajstić information content (AvgIpc) is 2.64. The number of carbonyl (C=O) groups excluding carboxylic acids is 1. The zero-order chi connectivity index (χ0) is 20.7. The predicted molar refractivity (Wildman–Crippen MR) is 114 cm³/mol. The van der Waals surface area contributed by atoms with Crippen LogP contribution in [-0.2, 0) is 4.74 Å². The standard InChI is InChI=1S/C18H19Cl2N3O4S/c1-2-27-18(26)21-9-16(28)22-11-4-5-14(13(20)8-11)23-17(25)12-7-10(19)3-6-15(12)24/h3-8,18,21,24,26H,2,9H2,1H3,(H,22,28)(H,23,25). The van der Waals surface area contributed by atoms with Gasteiger partial charge in [0.2, 0.25) is 6.41 Å². The molecule has 0 aliphatic rings. The highest BCUT2D eigenvalue weighted by Crippen LogP contribution is 2.28. The van der Waals surface area contributed by atoms with Gasteiger partial charge < -0.3 is 25.6 Å². The number of hydrogen-bond donors (Lipinski definition) is 5. The molecule has 0 aromatic heterocycles. The van der Waals surface area contributed by atoms with Crippen molar-refractivity contribution in [2.45, 2.75) is 13.3 Å². The minimum atomic E-state index is -1.10. The van der Waals surface area contributed by atoms with Gasteiger partial charge in [0, 0.05) is 17.3 Å². The van der Waals surface area contributed by atoms with Crippen LogP contribution in [0.15, 0.2) is 36.4 Å². The molecule has 0 aliphatic heterocycles. The van der Waals surface area contributed by atoms with Crippen molar-refractivity contribution in [1.29, 1.82) is 0 Å². The summed E-state index contributed by atoms with van der Waals surface area (Å²) in [5.41, 5.74) is 0.990. The summed E-state index contributed by atoms with van der Waals surface area (Å²) < 4.78 is 4.94. The quantitative estimate of drug-likeness (QED) is 0.313. The molecule has 5 N–H and O–H groups in total. The molecule has 10 heteroatoms. The van der Waals surface area contributed by atoms with Gasteiger partial charge in [0.1, 0.15) is 5.75 Å². The fraction of sp³-hybridized carbons (Fsp3) is 0.222. The Labute approximate surface area is 177 Å². The topological polar surface area (TPSA) is 103 Å². The number of rotatable bonds is 8. The average molecular weight is 444 g/mol. The summed E-state index contributed by atoms with van der Waals surface area (Å²) in [4.78, 5) is 12.7. The van der Waals surface area contributed by atoms with Gasteiger partial charge in [0.05, 0.1) is 27.8 Å². The van der Waals surface area contributed by atoms with E-state index >= 15 is 0 Å². The smallest absolute Gasteiger partial charge is 0.259 e. The molecule has 1 atom stereocenters. The lowest BCUT2D eigenvalue weighted by Gasteiger charge is -2.15. The number of aliphatic hydroxyl groups excluding tert-OH is 1. The van der Waals surface area contributed by atoms with E-state index in [9.17, 15) is 15.0 Å². The number of hydrogen-bond acceptors (Lipinski definition) is 6. The predicted octanol–water partition coefficient (Wildman–Crippen LogP) is 3.59. The Morgan fingerprint density at radius 1 is 1.21 bits per heavy atom. The highest BCUT2D eigenvalue weighted by molar-refractivity contribution is 7.80. The van der Waals surface area contributed by atoms with Crippen molar-refractivity contribution >= 4 is 57.7 Å². The number of ether oxygens (including phenoxy) is 1. The van der Waals surface area contributed by atoms with Crippen LogP contribution < -0.4 is 16.0 Å². The van der Waals surface area contributed by atoms with Gasteiger partial charge in [-0.2, -0.15) is 0 Å². The molecule has 1 amide bonds. The maximum absolute atomic E-state index is 12.3. The van der Waals surface area contributed by atoms with E-state index in [1.165, 1.54) is 18.2 Å². The lowest BCUT2D eigenvalue weighted by Crippen LogP contribution is -2.37. The van der Waals surface area contributed by atoms with Crippen LogP contribution in [0.4, 0.5) is 11.4 Å². The Balaban J connectivity index is 1.99. The largest absolute Gasteiger partial charge is 0.507 e. The third kappa shape index (κ3) is 6.59. The minimum absolute atomic E-state index is 0.0332. The van der Waals surface area contributed by atoms with Gasteiger partial charge in [0.25, 0.3) is 5.91 Å². The summed E-state index contributed by atoms with van der Waals surface area (Å²) in [6.45, 7) is 2.32. The van der Waals surface area contributed by atoms with E-state index in [4.69, 9.17) is 40.2 Å². The van der Waals surface area contributed by atoms with E-state index < -0.39 is 12.3 Å². The number of carbonyl (C=O) groups is 1. The maximum atomic E-state index is 12.3. The third-order valence-corrected chi connectivity index (χ3v) is 4.26. The zero-order valence-corrected chi connectivity index (χ0v) is 17.2. The molecular formula is C18H19Cl2N3O4S. The first kappa shape index (κ1) is 22.4. The van der Waals surface area contributed by atoms with Crippen molar-refractivity contribution < 1.29 is 19.7 Å². The van der Waals surface area contributed by atoms with Crippen LogP contribution >= 0.6 is 35.4 Å². The van der Waals surface area contributed by atoms with E-state index in [-0.39, 0.29) is 22.9 Å². The number of aromatic hydroxyl groups is 1. The lowest BCUT2D eigenvalue weighted by molar-refractivity contribution is -0.113. The van der Waals surface area contributed by atoms with Gasteiger partial charge in [-0.25, -0.2) is 0 Å². The second-order valence-electron chi connectivity index (χ2n) is 5.55. The summed E-state index contributed by atoms with van der Waals surface area (Å²) in [6.07, 6.45) is -1.10. The van der Waals surface area contributed by atoms with Crippen LogP contribution in [0.2, 0.25) is 10.0 Å². The molecule has 1 unspecified atom stereocenters. The normalized spacial score (nSPS) is 11.7. The van der Waals surface area contributed by atoms with Gasteiger partial charge in [-0.15, -0.1) is 0 Å². The lowest BCUT2D eigenvalue weighted by atomic mass is 10.2. The molecule has 0 radical (unpaired) electrons. The molecule has 2 aromatic carbocycles. The summed E-state index contributed by atoms with van der Waals surface area (Å²) in [6, 6.07) is 9.02. The van der Waals surface area contributed by atoms with Crippen LogP contribution in [0.25, 0.3) is 0 Å². The molecule has 0 fully saturated rings. The van der Waals surface area contributed by atoms with Crippen molar-refractivity contribution in [2.75, 3.05) is 23.8 Å².